The molecule has 20 heavy (non-hydrogen) atoms. The number of methoxy groups -OCH3 is 1. The molecule has 7 heteroatoms. The molecule has 4 N–H and O–H groups in total. The van der Waals surface area contributed by atoms with Gasteiger partial charge in [-0.15, -0.1) is 0 Å². The van der Waals surface area contributed by atoms with Crippen LogP contribution in [0.4, 0.5) is 0 Å². The normalized spacial score (nSPS) is 29.9. The number of ether oxygens (including phenoxy) is 1. The molecule has 0 radical (unpaired) electrons. The fourth-order valence-corrected chi connectivity index (χ4v) is 2.46. The van der Waals surface area contributed by atoms with Gasteiger partial charge in [0.05, 0.1) is 25.2 Å². The van der Waals surface area contributed by atoms with Crippen molar-refractivity contribution in [3.05, 3.63) is 0 Å². The van der Waals surface area contributed by atoms with Gasteiger partial charge in [0.15, 0.2) is 0 Å². The van der Waals surface area contributed by atoms with Gasteiger partial charge in [-0.2, -0.15) is 0 Å². The van der Waals surface area contributed by atoms with Crippen LogP contribution in [0.3, 0.4) is 0 Å². The number of carbonyl (C=O) groups excluding carboxylic acids is 1. The number of hydrogen-bond donors (Lipinski definition) is 4. The lowest BCUT2D eigenvalue weighted by Gasteiger charge is -2.35. The summed E-state index contributed by atoms with van der Waals surface area (Å²) in [5.74, 6) is -2.27. The summed E-state index contributed by atoms with van der Waals surface area (Å²) in [7, 11) is 1.35. The number of nitrogens with one attached hydrogen (secondary N) is 1. The number of aliphatic hydroxyl groups is 2. The fourth-order valence-electron chi connectivity index (χ4n) is 2.46. The summed E-state index contributed by atoms with van der Waals surface area (Å²) in [4.78, 5) is 21.9. The zero-order valence-electron chi connectivity index (χ0n) is 11.6. The summed E-state index contributed by atoms with van der Waals surface area (Å²) in [6.07, 6.45) is 0.235. The number of aliphatic carboxylic acids is 1. The summed E-state index contributed by atoms with van der Waals surface area (Å²) >= 11 is 0. The highest BCUT2D eigenvalue weighted by Crippen LogP contribution is 2.25. The molecular formula is C13H23NO6. The number of esters is 1. The highest BCUT2D eigenvalue weighted by molar-refractivity contribution is 5.71. The number of rotatable bonds is 7. The molecule has 0 aromatic heterocycles. The van der Waals surface area contributed by atoms with E-state index < -0.39 is 24.1 Å². The summed E-state index contributed by atoms with van der Waals surface area (Å²) in [6, 6.07) is -0.132. The molecule has 4 unspecified atom stereocenters. The first-order chi connectivity index (χ1) is 9.45. The van der Waals surface area contributed by atoms with Crippen LogP contribution in [-0.4, -0.2) is 59.2 Å². The van der Waals surface area contributed by atoms with E-state index in [4.69, 9.17) is 5.11 Å². The van der Waals surface area contributed by atoms with E-state index in [1.807, 2.05) is 0 Å². The Morgan fingerprint density at radius 2 is 1.95 bits per heavy atom. The third kappa shape index (κ3) is 5.07. The summed E-state index contributed by atoms with van der Waals surface area (Å²) in [5.41, 5.74) is 0. The highest BCUT2D eigenvalue weighted by Gasteiger charge is 2.39. The predicted octanol–water partition coefficient (Wildman–Crippen LogP) is -0.496. The second-order valence-electron chi connectivity index (χ2n) is 5.16. The van der Waals surface area contributed by atoms with Gasteiger partial charge in [-0.05, 0) is 32.2 Å². The van der Waals surface area contributed by atoms with Crippen molar-refractivity contribution in [3.8, 4) is 0 Å². The standard InChI is InChI=1S/C13H23NO6/c1-20-11(16)4-2-3-5-14-8-6-9(13(18)19)12(17)10(15)7-8/h8-10,12,14-15,17H,2-7H2,1H3,(H,18,19). The molecule has 1 saturated carbocycles. The predicted molar refractivity (Wildman–Crippen MR) is 70.0 cm³/mol. The molecule has 116 valence electrons. The number of hydrogen-bond acceptors (Lipinski definition) is 6. The Bertz CT molecular complexity index is 335. The molecular weight excluding hydrogens is 266 g/mol. The van der Waals surface area contributed by atoms with E-state index in [0.717, 1.165) is 6.42 Å². The maximum Gasteiger partial charge on any atom is 0.309 e. The van der Waals surface area contributed by atoms with Crippen LogP contribution in [-0.2, 0) is 14.3 Å². The van der Waals surface area contributed by atoms with Gasteiger partial charge in [0.2, 0.25) is 0 Å². The minimum absolute atomic E-state index is 0.132. The zero-order chi connectivity index (χ0) is 15.1. The first-order valence-electron chi connectivity index (χ1n) is 6.84. The Morgan fingerprint density at radius 3 is 2.55 bits per heavy atom. The number of unbranched alkanes of at least 4 members (excludes halogenated alkanes) is 1. The zero-order valence-corrected chi connectivity index (χ0v) is 11.6. The highest BCUT2D eigenvalue weighted by atomic mass is 16.5. The fraction of sp³-hybridized carbons (Fsp3) is 0.846. The average Bonchev–Trinajstić information content (AvgIpc) is 2.41. The van der Waals surface area contributed by atoms with Crippen LogP contribution >= 0.6 is 0 Å². The van der Waals surface area contributed by atoms with Gasteiger partial charge in [-0.3, -0.25) is 9.59 Å². The molecule has 4 atom stereocenters. The maximum atomic E-state index is 11.0. The van der Waals surface area contributed by atoms with Gasteiger partial charge in [0.25, 0.3) is 0 Å². The first kappa shape index (κ1) is 16.9. The molecule has 0 heterocycles. The molecule has 0 amide bonds. The van der Waals surface area contributed by atoms with Crippen LogP contribution in [0.1, 0.15) is 32.1 Å². The van der Waals surface area contributed by atoms with Crippen molar-refractivity contribution in [1.29, 1.82) is 0 Å². The maximum absolute atomic E-state index is 11.0. The van der Waals surface area contributed by atoms with Gasteiger partial charge >= 0.3 is 11.9 Å². The molecule has 1 aliphatic rings. The molecule has 7 nitrogen and oxygen atoms in total. The van der Waals surface area contributed by atoms with Crippen LogP contribution < -0.4 is 5.32 Å². The lowest BCUT2D eigenvalue weighted by Crippen LogP contribution is -2.50. The van der Waals surface area contributed by atoms with Gasteiger partial charge in [-0.25, -0.2) is 0 Å². The Labute approximate surface area is 117 Å². The largest absolute Gasteiger partial charge is 0.481 e. The van der Waals surface area contributed by atoms with Gasteiger partial charge in [-0.1, -0.05) is 0 Å². The molecule has 0 spiro atoms. The van der Waals surface area contributed by atoms with Crippen molar-refractivity contribution in [1.82, 2.24) is 5.32 Å². The molecule has 0 aromatic carbocycles. The topological polar surface area (TPSA) is 116 Å². The Morgan fingerprint density at radius 1 is 1.25 bits per heavy atom. The van der Waals surface area contributed by atoms with E-state index in [1.165, 1.54) is 7.11 Å². The SMILES string of the molecule is COC(=O)CCCCNC1CC(O)C(O)C(C(=O)O)C1. The van der Waals surface area contributed by atoms with Crippen molar-refractivity contribution < 1.29 is 29.6 Å². The lowest BCUT2D eigenvalue weighted by atomic mass is 9.81. The molecule has 0 saturated heterocycles. The molecule has 1 aliphatic carbocycles. The number of carboxylic acid groups (broad SMARTS) is 1. The van der Waals surface area contributed by atoms with E-state index >= 15 is 0 Å². The quantitative estimate of drug-likeness (QED) is 0.369. The molecule has 0 aromatic rings. The van der Waals surface area contributed by atoms with Crippen LogP contribution in [0.25, 0.3) is 0 Å². The number of aliphatic hydroxyl groups excluding tert-OH is 2. The van der Waals surface area contributed by atoms with Crippen molar-refractivity contribution in [3.63, 3.8) is 0 Å². The van der Waals surface area contributed by atoms with E-state index in [-0.39, 0.29) is 12.0 Å². The summed E-state index contributed by atoms with van der Waals surface area (Å²) in [6.45, 7) is 0.636. The van der Waals surface area contributed by atoms with Gasteiger partial charge < -0.3 is 25.4 Å². The van der Waals surface area contributed by atoms with E-state index in [0.29, 0.717) is 32.2 Å². The minimum atomic E-state index is -1.20. The van der Waals surface area contributed by atoms with E-state index in [1.54, 1.807) is 0 Å². The number of carboxylic acids is 1. The first-order valence-corrected chi connectivity index (χ1v) is 6.84. The smallest absolute Gasteiger partial charge is 0.309 e. The van der Waals surface area contributed by atoms with Crippen molar-refractivity contribution in [2.24, 2.45) is 5.92 Å². The Kier molecular flexibility index (Phi) is 6.90. The summed E-state index contributed by atoms with van der Waals surface area (Å²) < 4.78 is 4.53. The third-order valence-corrected chi connectivity index (χ3v) is 3.66. The lowest BCUT2D eigenvalue weighted by molar-refractivity contribution is -0.153. The Balaban J connectivity index is 2.27. The van der Waals surface area contributed by atoms with Crippen molar-refractivity contribution >= 4 is 11.9 Å². The van der Waals surface area contributed by atoms with E-state index in [2.05, 4.69) is 10.1 Å². The van der Waals surface area contributed by atoms with Crippen molar-refractivity contribution in [2.75, 3.05) is 13.7 Å². The third-order valence-electron chi connectivity index (χ3n) is 3.66. The second-order valence-corrected chi connectivity index (χ2v) is 5.16. The number of carbonyl (C=O) groups is 2. The molecule has 0 aliphatic heterocycles. The average molecular weight is 289 g/mol. The minimum Gasteiger partial charge on any atom is -0.481 e. The van der Waals surface area contributed by atoms with Crippen LogP contribution in [0.5, 0.6) is 0 Å². The van der Waals surface area contributed by atoms with Crippen LogP contribution in [0.2, 0.25) is 0 Å². The molecule has 0 bridgehead atoms. The van der Waals surface area contributed by atoms with Gasteiger partial charge in [0, 0.05) is 12.5 Å². The second kappa shape index (κ2) is 8.18. The van der Waals surface area contributed by atoms with Crippen LogP contribution in [0.15, 0.2) is 0 Å². The van der Waals surface area contributed by atoms with Crippen molar-refractivity contribution in [2.45, 2.75) is 50.4 Å². The van der Waals surface area contributed by atoms with Gasteiger partial charge in [0.1, 0.15) is 0 Å². The summed E-state index contributed by atoms with van der Waals surface area (Å²) in [5, 5.41) is 31.4. The molecule has 1 rings (SSSR count). The van der Waals surface area contributed by atoms with E-state index in [9.17, 15) is 19.8 Å². The molecule has 1 fully saturated rings. The monoisotopic (exact) mass is 289 g/mol. The Hall–Kier alpha value is -1.18. The van der Waals surface area contributed by atoms with Crippen LogP contribution in [0, 0.1) is 5.92 Å².